The molecule has 23 heavy (non-hydrogen) atoms. The Kier molecular flexibility index (Phi) is 5.46. The van der Waals surface area contributed by atoms with Gasteiger partial charge in [0.15, 0.2) is 0 Å². The molecule has 0 unspecified atom stereocenters. The second-order valence-electron chi connectivity index (χ2n) is 4.90. The van der Waals surface area contributed by atoms with Crippen molar-refractivity contribution >= 4 is 49.1 Å². The van der Waals surface area contributed by atoms with Crippen LogP contribution in [0.2, 0.25) is 5.02 Å². The summed E-state index contributed by atoms with van der Waals surface area (Å²) in [5.74, 6) is -0.417. The first-order valence-corrected chi connectivity index (χ1v) is 9.12. The molecule has 0 spiro atoms. The summed E-state index contributed by atoms with van der Waals surface area (Å²) < 4.78 is 26.1. The average Bonchev–Trinajstić information content (AvgIpc) is 2.51. The Balaban J connectivity index is 2.28. The largest absolute Gasteiger partial charge is 0.322 e. The van der Waals surface area contributed by atoms with Crippen LogP contribution in [0.3, 0.4) is 0 Å². The van der Waals surface area contributed by atoms with Crippen LogP contribution in [0.4, 0.5) is 5.69 Å². The lowest BCUT2D eigenvalue weighted by Crippen LogP contribution is -2.22. The van der Waals surface area contributed by atoms with Crippen molar-refractivity contribution in [3.05, 3.63) is 57.5 Å². The third-order valence-electron chi connectivity index (χ3n) is 3.05. The lowest BCUT2D eigenvalue weighted by atomic mass is 10.2. The Bertz CT molecular complexity index is 854. The van der Waals surface area contributed by atoms with E-state index < -0.39 is 15.9 Å². The summed E-state index contributed by atoms with van der Waals surface area (Å²) in [5.41, 5.74) is 0.760. The molecule has 2 aromatic carbocycles. The van der Waals surface area contributed by atoms with Gasteiger partial charge < -0.3 is 5.32 Å². The number of carbonyl (C=O) groups is 1. The van der Waals surface area contributed by atoms with E-state index in [-0.39, 0.29) is 10.5 Å². The molecule has 8 heteroatoms. The molecule has 0 aliphatic carbocycles. The number of carbonyl (C=O) groups excluding carboxylic acids is 1. The fourth-order valence-electron chi connectivity index (χ4n) is 1.79. The smallest absolute Gasteiger partial charge is 0.255 e. The van der Waals surface area contributed by atoms with Crippen molar-refractivity contribution in [2.45, 2.75) is 4.90 Å². The summed E-state index contributed by atoms with van der Waals surface area (Å²) in [4.78, 5) is 12.3. The van der Waals surface area contributed by atoms with Crippen molar-refractivity contribution in [3.8, 4) is 0 Å². The molecule has 2 rings (SSSR count). The van der Waals surface area contributed by atoms with E-state index in [2.05, 4.69) is 21.2 Å². The van der Waals surface area contributed by atoms with Gasteiger partial charge in [0, 0.05) is 29.8 Å². The predicted octanol–water partition coefficient (Wildman–Crippen LogP) is 3.61. The molecule has 1 N–H and O–H groups in total. The fraction of sp³-hybridized carbons (Fsp3) is 0.133. The summed E-state index contributed by atoms with van der Waals surface area (Å²) >= 11 is 9.25. The first-order valence-electron chi connectivity index (χ1n) is 6.51. The zero-order chi connectivity index (χ0) is 17.2. The zero-order valence-corrected chi connectivity index (χ0v) is 15.5. The third-order valence-corrected chi connectivity index (χ3v) is 6.10. The fourth-order valence-corrected chi connectivity index (χ4v) is 3.16. The van der Waals surface area contributed by atoms with Gasteiger partial charge in [0.25, 0.3) is 5.91 Å². The van der Waals surface area contributed by atoms with E-state index >= 15 is 0 Å². The molecule has 0 aromatic heterocycles. The van der Waals surface area contributed by atoms with Crippen molar-refractivity contribution in [1.29, 1.82) is 0 Å². The normalized spacial score (nSPS) is 11.5. The monoisotopic (exact) mass is 416 g/mol. The van der Waals surface area contributed by atoms with Crippen LogP contribution in [0.1, 0.15) is 10.4 Å². The van der Waals surface area contributed by atoms with E-state index in [4.69, 9.17) is 11.6 Å². The quantitative estimate of drug-likeness (QED) is 0.826. The van der Waals surface area contributed by atoms with Crippen LogP contribution in [-0.4, -0.2) is 32.7 Å². The van der Waals surface area contributed by atoms with Gasteiger partial charge in [-0.05, 0) is 52.3 Å². The first kappa shape index (κ1) is 17.9. The lowest BCUT2D eigenvalue weighted by molar-refractivity contribution is 0.102. The van der Waals surface area contributed by atoms with Crippen LogP contribution < -0.4 is 5.32 Å². The van der Waals surface area contributed by atoms with E-state index in [0.717, 1.165) is 8.78 Å². The highest BCUT2D eigenvalue weighted by atomic mass is 79.9. The summed E-state index contributed by atoms with van der Waals surface area (Å²) in [7, 11) is -0.719. The van der Waals surface area contributed by atoms with Gasteiger partial charge in [-0.15, -0.1) is 0 Å². The van der Waals surface area contributed by atoms with Crippen LogP contribution in [0, 0.1) is 0 Å². The van der Waals surface area contributed by atoms with Gasteiger partial charge >= 0.3 is 0 Å². The molecule has 0 bridgehead atoms. The van der Waals surface area contributed by atoms with Gasteiger partial charge in [-0.3, -0.25) is 4.79 Å². The minimum absolute atomic E-state index is 0.0592. The molecule has 0 saturated carbocycles. The Morgan fingerprint density at radius 2 is 1.87 bits per heavy atom. The second kappa shape index (κ2) is 7.00. The van der Waals surface area contributed by atoms with Crippen molar-refractivity contribution < 1.29 is 13.2 Å². The summed E-state index contributed by atoms with van der Waals surface area (Å²) in [6, 6.07) is 10.9. The van der Waals surface area contributed by atoms with Crippen LogP contribution in [0.5, 0.6) is 0 Å². The van der Waals surface area contributed by atoms with Crippen LogP contribution in [-0.2, 0) is 10.0 Å². The number of anilines is 1. The highest BCUT2D eigenvalue weighted by Crippen LogP contribution is 2.26. The summed E-state index contributed by atoms with van der Waals surface area (Å²) in [5, 5.41) is 3.15. The molecule has 0 aliphatic rings. The van der Waals surface area contributed by atoms with Crippen LogP contribution in [0.15, 0.2) is 51.8 Å². The molecule has 1 amide bonds. The molecule has 0 aliphatic heterocycles. The topological polar surface area (TPSA) is 66.5 Å². The SMILES string of the molecule is CN(C)S(=O)(=O)c1cccc(C(=O)Nc2ccc(Br)c(Cl)c2)c1. The lowest BCUT2D eigenvalue weighted by Gasteiger charge is -2.12. The molecule has 122 valence electrons. The summed E-state index contributed by atoms with van der Waals surface area (Å²) in [6.45, 7) is 0. The molecule has 0 fully saturated rings. The Morgan fingerprint density at radius 1 is 1.17 bits per heavy atom. The molecule has 0 atom stereocenters. The van der Waals surface area contributed by atoms with Gasteiger partial charge in [-0.2, -0.15) is 0 Å². The number of nitrogens with one attached hydrogen (secondary N) is 1. The highest BCUT2D eigenvalue weighted by Gasteiger charge is 2.18. The van der Waals surface area contributed by atoms with Crippen molar-refractivity contribution in [2.75, 3.05) is 19.4 Å². The maximum Gasteiger partial charge on any atom is 0.255 e. The van der Waals surface area contributed by atoms with E-state index in [1.807, 2.05) is 0 Å². The number of hydrogen-bond acceptors (Lipinski definition) is 3. The number of benzene rings is 2. The first-order chi connectivity index (χ1) is 10.7. The van der Waals surface area contributed by atoms with Crippen LogP contribution in [0.25, 0.3) is 0 Å². The predicted molar refractivity (Wildman–Crippen MR) is 94.4 cm³/mol. The maximum atomic E-state index is 12.3. The van der Waals surface area contributed by atoms with E-state index in [0.29, 0.717) is 10.7 Å². The minimum Gasteiger partial charge on any atom is -0.322 e. The maximum absolute atomic E-state index is 12.3. The summed E-state index contributed by atoms with van der Waals surface area (Å²) in [6.07, 6.45) is 0. The number of amides is 1. The molecular formula is C15H14BrClN2O3S. The Morgan fingerprint density at radius 3 is 2.48 bits per heavy atom. The zero-order valence-electron chi connectivity index (χ0n) is 12.4. The van der Waals surface area contributed by atoms with Gasteiger partial charge in [0.05, 0.1) is 9.92 Å². The standard InChI is InChI=1S/C15H14BrClN2O3S/c1-19(2)23(21,22)12-5-3-4-10(8-12)15(20)18-11-6-7-13(16)14(17)9-11/h3-9H,1-2H3,(H,18,20). The number of rotatable bonds is 4. The average molecular weight is 418 g/mol. The molecular weight excluding hydrogens is 404 g/mol. The van der Waals surface area contributed by atoms with Gasteiger partial charge in [-0.1, -0.05) is 17.7 Å². The van der Waals surface area contributed by atoms with Gasteiger partial charge in [0.2, 0.25) is 10.0 Å². The Hall–Kier alpha value is -1.41. The number of nitrogens with zero attached hydrogens (tertiary/aromatic N) is 1. The van der Waals surface area contributed by atoms with Crippen molar-refractivity contribution in [1.82, 2.24) is 4.31 Å². The number of sulfonamides is 1. The number of halogens is 2. The number of hydrogen-bond donors (Lipinski definition) is 1. The highest BCUT2D eigenvalue weighted by molar-refractivity contribution is 9.10. The van der Waals surface area contributed by atoms with Gasteiger partial charge in [-0.25, -0.2) is 12.7 Å². The van der Waals surface area contributed by atoms with Crippen molar-refractivity contribution in [2.24, 2.45) is 0 Å². The van der Waals surface area contributed by atoms with E-state index in [1.165, 1.54) is 32.3 Å². The van der Waals surface area contributed by atoms with E-state index in [1.54, 1.807) is 24.3 Å². The van der Waals surface area contributed by atoms with E-state index in [9.17, 15) is 13.2 Å². The molecule has 5 nitrogen and oxygen atoms in total. The molecule has 2 aromatic rings. The molecule has 0 radical (unpaired) electrons. The molecule has 0 heterocycles. The second-order valence-corrected chi connectivity index (χ2v) is 8.31. The Labute approximate surface area is 148 Å². The van der Waals surface area contributed by atoms with Gasteiger partial charge in [0.1, 0.15) is 0 Å². The minimum atomic E-state index is -3.59. The third kappa shape index (κ3) is 4.11. The van der Waals surface area contributed by atoms with Crippen molar-refractivity contribution in [3.63, 3.8) is 0 Å². The molecule has 0 saturated heterocycles. The van der Waals surface area contributed by atoms with Crippen LogP contribution >= 0.6 is 27.5 Å².